The Labute approximate surface area is 81.3 Å². The van der Waals surface area contributed by atoms with Crippen molar-refractivity contribution in [1.82, 2.24) is 5.32 Å². The third-order valence-corrected chi connectivity index (χ3v) is 2.82. The van der Waals surface area contributed by atoms with Crippen LogP contribution in [0.4, 0.5) is 0 Å². The molecule has 3 rings (SSSR count). The van der Waals surface area contributed by atoms with Gasteiger partial charge in [0.05, 0.1) is 6.26 Å². The summed E-state index contributed by atoms with van der Waals surface area (Å²) >= 11 is 0. The van der Waals surface area contributed by atoms with Crippen molar-refractivity contribution in [2.75, 3.05) is 13.1 Å². The molecule has 72 valence electrons. The molecule has 1 fully saturated rings. The van der Waals surface area contributed by atoms with Gasteiger partial charge in [-0.1, -0.05) is 6.07 Å². The first-order valence-electron chi connectivity index (χ1n) is 4.69. The standard InChI is InChI=1S/C11H11NO2/c13-11(6-12-7-11)9-1-2-10-8(5-9)3-4-14-10/h1-5,12-13H,6-7H2. The fraction of sp³-hybridized carbons (Fsp3) is 0.273. The monoisotopic (exact) mass is 189 g/mol. The molecule has 1 aliphatic heterocycles. The summed E-state index contributed by atoms with van der Waals surface area (Å²) in [5.74, 6) is 0. The van der Waals surface area contributed by atoms with E-state index in [4.69, 9.17) is 4.42 Å². The number of furan rings is 1. The second kappa shape index (κ2) is 2.59. The minimum atomic E-state index is -0.675. The minimum absolute atomic E-state index is 0.635. The van der Waals surface area contributed by atoms with Crippen LogP contribution in [0.25, 0.3) is 11.0 Å². The van der Waals surface area contributed by atoms with Gasteiger partial charge in [-0.3, -0.25) is 0 Å². The average Bonchev–Trinajstić information content (AvgIpc) is 2.60. The van der Waals surface area contributed by atoms with Crippen LogP contribution in [0.5, 0.6) is 0 Å². The van der Waals surface area contributed by atoms with E-state index in [0.717, 1.165) is 16.5 Å². The molecule has 0 aliphatic carbocycles. The van der Waals surface area contributed by atoms with Gasteiger partial charge in [0.1, 0.15) is 11.2 Å². The molecule has 1 aliphatic rings. The number of hydrogen-bond donors (Lipinski definition) is 2. The van der Waals surface area contributed by atoms with Gasteiger partial charge >= 0.3 is 0 Å². The van der Waals surface area contributed by atoms with Gasteiger partial charge in [0.2, 0.25) is 0 Å². The van der Waals surface area contributed by atoms with E-state index in [2.05, 4.69) is 5.32 Å². The molecule has 2 N–H and O–H groups in total. The normalized spacial score (nSPS) is 19.5. The highest BCUT2D eigenvalue weighted by molar-refractivity contribution is 5.78. The lowest BCUT2D eigenvalue weighted by Gasteiger charge is -2.38. The lowest BCUT2D eigenvalue weighted by atomic mass is 9.88. The first kappa shape index (κ1) is 8.03. The molecule has 1 saturated heterocycles. The maximum absolute atomic E-state index is 10.1. The Morgan fingerprint density at radius 1 is 1.29 bits per heavy atom. The summed E-state index contributed by atoms with van der Waals surface area (Å²) in [4.78, 5) is 0. The van der Waals surface area contributed by atoms with E-state index >= 15 is 0 Å². The molecule has 14 heavy (non-hydrogen) atoms. The molecule has 2 aromatic rings. The molecule has 0 radical (unpaired) electrons. The van der Waals surface area contributed by atoms with Crippen molar-refractivity contribution in [2.24, 2.45) is 0 Å². The molecule has 0 unspecified atom stereocenters. The van der Waals surface area contributed by atoms with Crippen LogP contribution in [0.1, 0.15) is 5.56 Å². The van der Waals surface area contributed by atoms with Crippen molar-refractivity contribution in [3.8, 4) is 0 Å². The van der Waals surface area contributed by atoms with Crippen LogP contribution in [-0.2, 0) is 5.60 Å². The zero-order chi connectivity index (χ0) is 9.60. The number of benzene rings is 1. The quantitative estimate of drug-likeness (QED) is 0.709. The Hall–Kier alpha value is -1.32. The van der Waals surface area contributed by atoms with Crippen molar-refractivity contribution < 1.29 is 9.52 Å². The lowest BCUT2D eigenvalue weighted by Crippen LogP contribution is -2.56. The van der Waals surface area contributed by atoms with E-state index in [0.29, 0.717) is 13.1 Å². The predicted octanol–water partition coefficient (Wildman–Crippen LogP) is 1.22. The Morgan fingerprint density at radius 3 is 2.86 bits per heavy atom. The predicted molar refractivity (Wildman–Crippen MR) is 53.0 cm³/mol. The molecule has 0 spiro atoms. The van der Waals surface area contributed by atoms with Gasteiger partial charge in [-0.15, -0.1) is 0 Å². The van der Waals surface area contributed by atoms with Crippen LogP contribution in [0.2, 0.25) is 0 Å². The topological polar surface area (TPSA) is 45.4 Å². The first-order chi connectivity index (χ1) is 6.78. The van der Waals surface area contributed by atoms with Crippen LogP contribution in [0, 0.1) is 0 Å². The molecule has 1 aromatic carbocycles. The van der Waals surface area contributed by atoms with E-state index in [9.17, 15) is 5.11 Å². The van der Waals surface area contributed by atoms with Crippen LogP contribution in [-0.4, -0.2) is 18.2 Å². The summed E-state index contributed by atoms with van der Waals surface area (Å²) in [5, 5.41) is 14.2. The largest absolute Gasteiger partial charge is 0.464 e. The number of aliphatic hydroxyl groups is 1. The SMILES string of the molecule is OC1(c2ccc3occc3c2)CNC1. The van der Waals surface area contributed by atoms with Crippen molar-refractivity contribution in [3.63, 3.8) is 0 Å². The third kappa shape index (κ3) is 0.997. The summed E-state index contributed by atoms with van der Waals surface area (Å²) < 4.78 is 5.24. The summed E-state index contributed by atoms with van der Waals surface area (Å²) in [7, 11) is 0. The Morgan fingerprint density at radius 2 is 2.14 bits per heavy atom. The van der Waals surface area contributed by atoms with Gasteiger partial charge in [-0.05, 0) is 23.8 Å². The number of nitrogens with one attached hydrogen (secondary N) is 1. The molecule has 2 heterocycles. The van der Waals surface area contributed by atoms with E-state index in [1.54, 1.807) is 6.26 Å². The summed E-state index contributed by atoms with van der Waals surface area (Å²) in [6.45, 7) is 1.27. The Bertz CT molecular complexity index is 471. The molecule has 3 nitrogen and oxygen atoms in total. The smallest absolute Gasteiger partial charge is 0.133 e. The van der Waals surface area contributed by atoms with Crippen molar-refractivity contribution in [3.05, 3.63) is 36.1 Å². The molecule has 1 aromatic heterocycles. The van der Waals surface area contributed by atoms with Crippen LogP contribution in [0.15, 0.2) is 34.9 Å². The fourth-order valence-electron chi connectivity index (χ4n) is 1.82. The van der Waals surface area contributed by atoms with Crippen molar-refractivity contribution in [2.45, 2.75) is 5.60 Å². The minimum Gasteiger partial charge on any atom is -0.464 e. The zero-order valence-electron chi connectivity index (χ0n) is 7.66. The van der Waals surface area contributed by atoms with Gasteiger partial charge in [-0.25, -0.2) is 0 Å². The number of rotatable bonds is 1. The number of β-amino-alcohol motifs (C(OH)–C–C–N with tert-alkyl or cyclic N) is 1. The maximum Gasteiger partial charge on any atom is 0.133 e. The molecule has 0 bridgehead atoms. The van der Waals surface area contributed by atoms with Crippen LogP contribution in [0.3, 0.4) is 0 Å². The fourth-order valence-corrected chi connectivity index (χ4v) is 1.82. The summed E-state index contributed by atoms with van der Waals surface area (Å²) in [6.07, 6.45) is 1.66. The maximum atomic E-state index is 10.1. The highest BCUT2D eigenvalue weighted by Crippen LogP contribution is 2.28. The molecular weight excluding hydrogens is 178 g/mol. The second-order valence-corrected chi connectivity index (χ2v) is 3.81. The summed E-state index contributed by atoms with van der Waals surface area (Å²) in [5.41, 5.74) is 1.15. The highest BCUT2D eigenvalue weighted by atomic mass is 16.3. The van der Waals surface area contributed by atoms with E-state index < -0.39 is 5.60 Å². The van der Waals surface area contributed by atoms with Gasteiger partial charge in [0.15, 0.2) is 0 Å². The molecule has 0 amide bonds. The van der Waals surface area contributed by atoms with Gasteiger partial charge in [-0.2, -0.15) is 0 Å². The van der Waals surface area contributed by atoms with E-state index in [-0.39, 0.29) is 0 Å². The van der Waals surface area contributed by atoms with Gasteiger partial charge < -0.3 is 14.8 Å². The Kier molecular flexibility index (Phi) is 1.48. The Balaban J connectivity index is 2.13. The molecule has 3 heteroatoms. The van der Waals surface area contributed by atoms with Gasteiger partial charge in [0.25, 0.3) is 0 Å². The van der Waals surface area contributed by atoms with Gasteiger partial charge in [0, 0.05) is 18.5 Å². The first-order valence-corrected chi connectivity index (χ1v) is 4.69. The summed E-state index contributed by atoms with van der Waals surface area (Å²) in [6, 6.07) is 7.72. The van der Waals surface area contributed by atoms with Crippen molar-refractivity contribution in [1.29, 1.82) is 0 Å². The number of fused-ring (bicyclic) bond motifs is 1. The van der Waals surface area contributed by atoms with Crippen molar-refractivity contribution >= 4 is 11.0 Å². The zero-order valence-corrected chi connectivity index (χ0v) is 7.66. The second-order valence-electron chi connectivity index (χ2n) is 3.81. The molecule has 0 atom stereocenters. The van der Waals surface area contributed by atoms with E-state index in [1.165, 1.54) is 0 Å². The van der Waals surface area contributed by atoms with Crippen LogP contribution < -0.4 is 5.32 Å². The molecule has 0 saturated carbocycles. The number of hydrogen-bond acceptors (Lipinski definition) is 3. The van der Waals surface area contributed by atoms with E-state index in [1.807, 2.05) is 24.3 Å². The average molecular weight is 189 g/mol. The molecular formula is C11H11NO2. The highest BCUT2D eigenvalue weighted by Gasteiger charge is 2.36. The third-order valence-electron chi connectivity index (χ3n) is 2.82. The lowest BCUT2D eigenvalue weighted by molar-refractivity contribution is -0.0145. The van der Waals surface area contributed by atoms with Crippen LogP contribution >= 0.6 is 0 Å².